The number of Topliss-reactive ketones (excluding diaryl/α,β-unsaturated/α-hetero) is 1. The molecule has 5 rings (SSSR count). The Bertz CT molecular complexity index is 1500. The van der Waals surface area contributed by atoms with Crippen LogP contribution in [0.3, 0.4) is 0 Å². The van der Waals surface area contributed by atoms with Crippen LogP contribution >= 0.6 is 22.9 Å². The van der Waals surface area contributed by atoms with Crippen molar-refractivity contribution in [1.29, 1.82) is 0 Å². The fourth-order valence-corrected chi connectivity index (χ4v) is 5.55. The Morgan fingerprint density at radius 2 is 1.68 bits per heavy atom. The molecule has 4 aromatic rings. The van der Waals surface area contributed by atoms with E-state index in [-0.39, 0.29) is 22.6 Å². The van der Waals surface area contributed by atoms with Crippen molar-refractivity contribution in [3.63, 3.8) is 0 Å². The van der Waals surface area contributed by atoms with E-state index < -0.39 is 17.7 Å². The third kappa shape index (κ3) is 4.59. The number of aliphatic hydroxyl groups is 1. The maximum Gasteiger partial charge on any atom is 0.300 e. The number of rotatable bonds is 6. The summed E-state index contributed by atoms with van der Waals surface area (Å²) < 4.78 is 11.3. The molecule has 0 bridgehead atoms. The SMILES string of the molecule is COc1c(Cl)cc(C)cc1/C(O)=C1/C(=O)C(=O)N(c2ccc(Oc3ccccc3)cc2)C1c1cccs1. The Morgan fingerprint density at radius 1 is 0.973 bits per heavy atom. The molecule has 1 aliphatic rings. The molecule has 0 spiro atoms. The Balaban J connectivity index is 1.60. The monoisotopic (exact) mass is 531 g/mol. The number of halogens is 1. The number of aryl methyl sites for hydroxylation is 1. The van der Waals surface area contributed by atoms with Crippen LogP contribution in [0.4, 0.5) is 5.69 Å². The average Bonchev–Trinajstić information content (AvgIpc) is 3.51. The van der Waals surface area contributed by atoms with Gasteiger partial charge in [-0.15, -0.1) is 11.3 Å². The van der Waals surface area contributed by atoms with Gasteiger partial charge in [-0.05, 0) is 72.5 Å². The number of hydrogen-bond acceptors (Lipinski definition) is 6. The van der Waals surface area contributed by atoms with Crippen LogP contribution in [-0.2, 0) is 9.59 Å². The zero-order valence-electron chi connectivity index (χ0n) is 20.0. The summed E-state index contributed by atoms with van der Waals surface area (Å²) in [6.45, 7) is 1.82. The number of ketones is 1. The average molecular weight is 532 g/mol. The maximum absolute atomic E-state index is 13.4. The number of carbonyl (C=O) groups is 2. The number of thiophene rings is 1. The topological polar surface area (TPSA) is 76.1 Å². The number of nitrogens with zero attached hydrogens (tertiary/aromatic N) is 1. The summed E-state index contributed by atoms with van der Waals surface area (Å²) in [5, 5.41) is 13.6. The normalized spacial score (nSPS) is 16.7. The number of ether oxygens (including phenoxy) is 2. The van der Waals surface area contributed by atoms with Gasteiger partial charge in [0, 0.05) is 10.6 Å². The first-order valence-corrected chi connectivity index (χ1v) is 12.7. The summed E-state index contributed by atoms with van der Waals surface area (Å²) in [5.41, 5.74) is 1.48. The molecule has 1 unspecified atom stereocenters. The standard InChI is InChI=1S/C29H22ClNO5S/c1-17-15-21(28(35-2)22(30)16-17)26(32)24-25(23-9-6-14-37-23)31(29(34)27(24)33)18-10-12-20(13-11-18)36-19-7-4-3-5-8-19/h3-16,25,32H,1-2H3/b26-24-. The van der Waals surface area contributed by atoms with Gasteiger partial charge in [0.1, 0.15) is 29.0 Å². The first kappa shape index (κ1) is 24.6. The van der Waals surface area contributed by atoms with Crippen LogP contribution in [0.1, 0.15) is 22.0 Å². The van der Waals surface area contributed by atoms with E-state index in [4.69, 9.17) is 21.1 Å². The predicted molar refractivity (Wildman–Crippen MR) is 145 cm³/mol. The summed E-state index contributed by atoms with van der Waals surface area (Å²) in [7, 11) is 1.43. The van der Waals surface area contributed by atoms with Gasteiger partial charge in [0.05, 0.1) is 23.3 Å². The van der Waals surface area contributed by atoms with Crippen LogP contribution in [-0.4, -0.2) is 23.9 Å². The molecule has 1 atom stereocenters. The first-order chi connectivity index (χ1) is 17.9. The van der Waals surface area contributed by atoms with E-state index >= 15 is 0 Å². The minimum atomic E-state index is -0.829. The molecule has 0 aliphatic carbocycles. The largest absolute Gasteiger partial charge is 0.507 e. The molecule has 8 heteroatoms. The van der Waals surface area contributed by atoms with Crippen molar-refractivity contribution in [2.45, 2.75) is 13.0 Å². The number of hydrogen-bond donors (Lipinski definition) is 1. The lowest BCUT2D eigenvalue weighted by Crippen LogP contribution is -2.29. The van der Waals surface area contributed by atoms with Gasteiger partial charge in [-0.3, -0.25) is 14.5 Å². The van der Waals surface area contributed by atoms with Crippen LogP contribution in [0.5, 0.6) is 17.2 Å². The minimum absolute atomic E-state index is 0.0305. The van der Waals surface area contributed by atoms with Crippen molar-refractivity contribution in [3.8, 4) is 17.2 Å². The van der Waals surface area contributed by atoms with Gasteiger partial charge in [-0.2, -0.15) is 0 Å². The second-order valence-electron chi connectivity index (χ2n) is 8.42. The Morgan fingerprint density at radius 3 is 2.32 bits per heavy atom. The Labute approximate surface area is 223 Å². The summed E-state index contributed by atoms with van der Waals surface area (Å²) in [6.07, 6.45) is 0. The van der Waals surface area contributed by atoms with Crippen molar-refractivity contribution in [1.82, 2.24) is 0 Å². The zero-order valence-corrected chi connectivity index (χ0v) is 21.5. The van der Waals surface area contributed by atoms with E-state index in [1.807, 2.05) is 54.8 Å². The number of anilines is 1. The lowest BCUT2D eigenvalue weighted by molar-refractivity contribution is -0.132. The predicted octanol–water partition coefficient (Wildman–Crippen LogP) is 7.14. The second kappa shape index (κ2) is 10.1. The number of benzene rings is 3. The van der Waals surface area contributed by atoms with Crippen LogP contribution in [0, 0.1) is 6.92 Å². The van der Waals surface area contributed by atoms with Crippen molar-refractivity contribution in [3.05, 3.63) is 111 Å². The molecule has 0 saturated carbocycles. The number of aliphatic hydroxyl groups excluding tert-OH is 1. The van der Waals surface area contributed by atoms with E-state index in [0.29, 0.717) is 22.2 Å². The van der Waals surface area contributed by atoms with Gasteiger partial charge in [-0.25, -0.2) is 0 Å². The van der Waals surface area contributed by atoms with Crippen molar-refractivity contribution in [2.75, 3.05) is 12.0 Å². The molecule has 1 aliphatic heterocycles. The Kier molecular flexibility index (Phi) is 6.74. The van der Waals surface area contributed by atoms with Gasteiger partial charge >= 0.3 is 0 Å². The van der Waals surface area contributed by atoms with Crippen LogP contribution in [0.25, 0.3) is 5.76 Å². The van der Waals surface area contributed by atoms with Gasteiger partial charge in [-0.1, -0.05) is 35.9 Å². The maximum atomic E-state index is 13.4. The molecule has 1 N–H and O–H groups in total. The zero-order chi connectivity index (χ0) is 26.1. The quantitative estimate of drug-likeness (QED) is 0.163. The summed E-state index contributed by atoms with van der Waals surface area (Å²) in [4.78, 5) is 28.9. The number of amides is 1. The highest BCUT2D eigenvalue weighted by atomic mass is 35.5. The third-order valence-corrected chi connectivity index (χ3v) is 7.20. The summed E-state index contributed by atoms with van der Waals surface area (Å²) >= 11 is 7.74. The highest BCUT2D eigenvalue weighted by Crippen LogP contribution is 2.45. The summed E-state index contributed by atoms with van der Waals surface area (Å²) in [5.74, 6) is -0.387. The lowest BCUT2D eigenvalue weighted by atomic mass is 9.98. The van der Waals surface area contributed by atoms with Crippen molar-refractivity contribution >= 4 is 46.1 Å². The molecule has 2 heterocycles. The Hall–Kier alpha value is -4.07. The molecular formula is C29H22ClNO5S. The molecule has 6 nitrogen and oxygen atoms in total. The van der Waals surface area contributed by atoms with E-state index in [0.717, 1.165) is 10.4 Å². The van der Waals surface area contributed by atoms with E-state index in [1.165, 1.54) is 23.3 Å². The van der Waals surface area contributed by atoms with Gasteiger partial charge in [0.25, 0.3) is 11.7 Å². The van der Waals surface area contributed by atoms with Gasteiger partial charge < -0.3 is 14.6 Å². The molecule has 0 radical (unpaired) electrons. The molecule has 1 amide bonds. The molecule has 1 fully saturated rings. The highest BCUT2D eigenvalue weighted by molar-refractivity contribution is 7.10. The molecule has 3 aromatic carbocycles. The van der Waals surface area contributed by atoms with E-state index in [1.54, 1.807) is 36.4 Å². The number of carbonyl (C=O) groups excluding carboxylic acids is 2. The van der Waals surface area contributed by atoms with E-state index in [2.05, 4.69) is 0 Å². The molecule has 186 valence electrons. The molecule has 1 aromatic heterocycles. The van der Waals surface area contributed by atoms with Crippen LogP contribution in [0.15, 0.2) is 89.8 Å². The molecule has 37 heavy (non-hydrogen) atoms. The smallest absolute Gasteiger partial charge is 0.300 e. The second-order valence-corrected chi connectivity index (χ2v) is 9.81. The summed E-state index contributed by atoms with van der Waals surface area (Å²) in [6, 6.07) is 22.4. The molecule has 1 saturated heterocycles. The fraction of sp³-hybridized carbons (Fsp3) is 0.103. The van der Waals surface area contributed by atoms with Crippen LogP contribution < -0.4 is 14.4 Å². The highest BCUT2D eigenvalue weighted by Gasteiger charge is 2.47. The fourth-order valence-electron chi connectivity index (χ4n) is 4.37. The van der Waals surface area contributed by atoms with Gasteiger partial charge in [0.2, 0.25) is 0 Å². The van der Waals surface area contributed by atoms with Crippen molar-refractivity contribution < 1.29 is 24.2 Å². The number of para-hydroxylation sites is 1. The third-order valence-electron chi connectivity index (χ3n) is 6.00. The van der Waals surface area contributed by atoms with Crippen molar-refractivity contribution in [2.24, 2.45) is 0 Å². The van der Waals surface area contributed by atoms with E-state index in [9.17, 15) is 14.7 Å². The van der Waals surface area contributed by atoms with Gasteiger partial charge in [0.15, 0.2) is 0 Å². The molecular weight excluding hydrogens is 510 g/mol. The van der Waals surface area contributed by atoms with Crippen LogP contribution in [0.2, 0.25) is 5.02 Å². The first-order valence-electron chi connectivity index (χ1n) is 11.4. The lowest BCUT2D eigenvalue weighted by Gasteiger charge is -2.24. The number of methoxy groups -OCH3 is 1. The minimum Gasteiger partial charge on any atom is -0.507 e.